The predicted octanol–water partition coefficient (Wildman–Crippen LogP) is 3.48. The second-order valence-electron chi connectivity index (χ2n) is 9.16. The first-order valence-corrected chi connectivity index (χ1v) is 11.7. The monoisotopic (exact) mass is 485 g/mol. The molecule has 1 fully saturated rings. The largest absolute Gasteiger partial charge is 0.479 e. The van der Waals surface area contributed by atoms with Gasteiger partial charge in [0.2, 0.25) is 11.8 Å². The van der Waals surface area contributed by atoms with E-state index >= 15 is 0 Å². The van der Waals surface area contributed by atoms with Crippen LogP contribution in [-0.2, 0) is 27.2 Å². The fourth-order valence-electron chi connectivity index (χ4n) is 5.40. The molecule has 4 rings (SSSR count). The number of benzene rings is 1. The van der Waals surface area contributed by atoms with Crippen molar-refractivity contribution in [3.05, 3.63) is 65.0 Å². The van der Waals surface area contributed by atoms with Crippen molar-refractivity contribution < 1.29 is 19.5 Å². The molecule has 2 heterocycles. The Morgan fingerprint density at radius 2 is 1.74 bits per heavy atom. The number of pyridine rings is 1. The summed E-state index contributed by atoms with van der Waals surface area (Å²) in [5.41, 5.74) is 3.51. The second kappa shape index (κ2) is 10.6. The number of rotatable bonds is 7. The summed E-state index contributed by atoms with van der Waals surface area (Å²) >= 11 is 0. The molecule has 0 saturated carbocycles. The zero-order valence-electron chi connectivity index (χ0n) is 19.7. The van der Waals surface area contributed by atoms with Gasteiger partial charge < -0.3 is 15.3 Å². The average Bonchev–Trinajstić information content (AvgIpc) is 3.23. The van der Waals surface area contributed by atoms with Crippen molar-refractivity contribution in [2.45, 2.75) is 64.6 Å². The lowest BCUT2D eigenvalue weighted by Gasteiger charge is -2.46. The van der Waals surface area contributed by atoms with Gasteiger partial charge in [-0.15, -0.1) is 12.4 Å². The molecule has 1 unspecified atom stereocenters. The highest BCUT2D eigenvalue weighted by molar-refractivity contribution is 5.99. The smallest absolute Gasteiger partial charge is 0.331 e. The van der Waals surface area contributed by atoms with Crippen LogP contribution in [-0.4, -0.2) is 44.9 Å². The minimum absolute atomic E-state index is 0. The van der Waals surface area contributed by atoms with Crippen LogP contribution in [0, 0.1) is 18.8 Å². The highest BCUT2D eigenvalue weighted by Gasteiger charge is 2.51. The van der Waals surface area contributed by atoms with Gasteiger partial charge in [-0.3, -0.25) is 14.6 Å². The molecular formula is C26H32ClN3O4. The first-order chi connectivity index (χ1) is 15.8. The number of carboxylic acid groups (broad SMARTS) is 1. The van der Waals surface area contributed by atoms with Crippen molar-refractivity contribution >= 4 is 30.2 Å². The van der Waals surface area contributed by atoms with Crippen molar-refractivity contribution in [1.82, 2.24) is 15.2 Å². The third-order valence-electron chi connectivity index (χ3n) is 7.20. The van der Waals surface area contributed by atoms with Crippen LogP contribution in [0.5, 0.6) is 0 Å². The lowest BCUT2D eigenvalue weighted by molar-refractivity contribution is -0.164. The molecule has 8 heteroatoms. The molecule has 1 aliphatic heterocycles. The zero-order chi connectivity index (χ0) is 23.7. The molecule has 0 radical (unpaired) electrons. The average molecular weight is 486 g/mol. The molecule has 0 spiro atoms. The number of carbonyl (C=O) groups excluding carboxylic acids is 2. The summed E-state index contributed by atoms with van der Waals surface area (Å²) in [6.07, 6.45) is 4.19. The van der Waals surface area contributed by atoms with Crippen molar-refractivity contribution in [3.63, 3.8) is 0 Å². The Hall–Kier alpha value is -2.93. The van der Waals surface area contributed by atoms with E-state index in [2.05, 4.69) is 10.3 Å². The molecule has 2 aliphatic rings. The quantitative estimate of drug-likeness (QED) is 0.625. The lowest BCUT2D eigenvalue weighted by atomic mass is 9.84. The maximum absolute atomic E-state index is 14.0. The minimum atomic E-state index is -1.27. The number of aryl methyl sites for hydroxylation is 1. The molecule has 1 saturated heterocycles. The Labute approximate surface area is 206 Å². The zero-order valence-corrected chi connectivity index (χ0v) is 20.5. The molecule has 2 N–H and O–H groups in total. The number of hydrogen-bond acceptors (Lipinski definition) is 4. The summed E-state index contributed by atoms with van der Waals surface area (Å²) in [6.45, 7) is 5.75. The van der Waals surface area contributed by atoms with Crippen LogP contribution < -0.4 is 5.32 Å². The Balaban J connectivity index is 0.00000324. The lowest BCUT2D eigenvalue weighted by Crippen LogP contribution is -2.68. The highest BCUT2D eigenvalue weighted by Crippen LogP contribution is 2.36. The highest BCUT2D eigenvalue weighted by atomic mass is 35.5. The van der Waals surface area contributed by atoms with E-state index in [9.17, 15) is 19.5 Å². The number of aromatic nitrogens is 1. The number of carboxylic acids is 1. The molecule has 2 aromatic rings. The second-order valence-corrected chi connectivity index (χ2v) is 9.16. The molecular weight excluding hydrogens is 454 g/mol. The topological polar surface area (TPSA) is 99.6 Å². The molecule has 34 heavy (non-hydrogen) atoms. The molecule has 2 amide bonds. The van der Waals surface area contributed by atoms with E-state index in [1.54, 1.807) is 12.1 Å². The van der Waals surface area contributed by atoms with Gasteiger partial charge in [0.05, 0.1) is 0 Å². The van der Waals surface area contributed by atoms with Gasteiger partial charge >= 0.3 is 5.97 Å². The third-order valence-corrected chi connectivity index (χ3v) is 7.20. The third kappa shape index (κ3) is 4.67. The van der Waals surface area contributed by atoms with Crippen molar-refractivity contribution in [3.8, 4) is 0 Å². The Morgan fingerprint density at radius 1 is 1.12 bits per heavy atom. The SMILES string of the molecule is CCC(CC)[C@@H]1C(=O)N[C@H](C2Cc3ccccc3C2)C(=O)N1C(C(=O)O)c1ccc(C)nc1.Cl. The standard InChI is InChI=1S/C26H31N3O4.ClH/c1-4-16(5-2)22-24(30)28-21(20-12-17-8-6-7-9-18(17)13-20)25(31)29(22)23(26(32)33)19-11-10-15(3)27-14-19;/h6-11,14,16,20-23H,4-5,12-13H2,1-3H3,(H,28,30)(H,32,33);1H/t21-,22-,23?;/m1./s1. The number of halogens is 1. The summed E-state index contributed by atoms with van der Waals surface area (Å²) in [6, 6.07) is 8.60. The fraction of sp³-hybridized carbons (Fsp3) is 0.462. The van der Waals surface area contributed by atoms with Crippen molar-refractivity contribution in [1.29, 1.82) is 0 Å². The van der Waals surface area contributed by atoms with Gasteiger partial charge in [0, 0.05) is 17.5 Å². The van der Waals surface area contributed by atoms with Gasteiger partial charge in [-0.2, -0.15) is 0 Å². The van der Waals surface area contributed by atoms with Crippen LogP contribution in [0.2, 0.25) is 0 Å². The molecule has 1 aromatic carbocycles. The molecule has 1 aromatic heterocycles. The summed E-state index contributed by atoms with van der Waals surface area (Å²) in [4.78, 5) is 45.6. The summed E-state index contributed by atoms with van der Waals surface area (Å²) in [5.74, 6) is -1.99. The van der Waals surface area contributed by atoms with Crippen LogP contribution in [0.1, 0.15) is 55.1 Å². The Kier molecular flexibility index (Phi) is 7.97. The van der Waals surface area contributed by atoms with Crippen molar-refractivity contribution in [2.24, 2.45) is 11.8 Å². The van der Waals surface area contributed by atoms with Crippen LogP contribution in [0.15, 0.2) is 42.6 Å². The van der Waals surface area contributed by atoms with Gasteiger partial charge in [-0.05, 0) is 48.8 Å². The van der Waals surface area contributed by atoms with E-state index in [0.717, 1.165) is 5.69 Å². The number of hydrogen-bond donors (Lipinski definition) is 2. The first kappa shape index (κ1) is 25.7. The van der Waals surface area contributed by atoms with Crippen LogP contribution >= 0.6 is 12.4 Å². The Morgan fingerprint density at radius 3 is 2.24 bits per heavy atom. The Bertz CT molecular complexity index is 1030. The van der Waals surface area contributed by atoms with E-state index in [1.807, 2.05) is 45.0 Å². The van der Waals surface area contributed by atoms with Gasteiger partial charge in [0.15, 0.2) is 6.04 Å². The maximum atomic E-state index is 14.0. The number of aliphatic carboxylic acids is 1. The van der Waals surface area contributed by atoms with Crippen molar-refractivity contribution in [2.75, 3.05) is 0 Å². The number of carbonyl (C=O) groups is 3. The fourth-order valence-corrected chi connectivity index (χ4v) is 5.40. The van der Waals surface area contributed by atoms with Crippen LogP contribution in [0.25, 0.3) is 0 Å². The number of piperazine rings is 1. The van der Waals surface area contributed by atoms with Gasteiger partial charge in [-0.1, -0.05) is 57.0 Å². The summed E-state index contributed by atoms with van der Waals surface area (Å²) < 4.78 is 0. The maximum Gasteiger partial charge on any atom is 0.331 e. The van der Waals surface area contributed by atoms with E-state index in [1.165, 1.54) is 22.2 Å². The number of amides is 2. The summed E-state index contributed by atoms with van der Waals surface area (Å²) in [7, 11) is 0. The molecule has 0 bridgehead atoms. The molecule has 182 valence electrons. The number of nitrogens with zero attached hydrogens (tertiary/aromatic N) is 2. The van der Waals surface area contributed by atoms with E-state index in [-0.39, 0.29) is 36.1 Å². The van der Waals surface area contributed by atoms with Crippen LogP contribution in [0.4, 0.5) is 0 Å². The van der Waals surface area contributed by atoms with E-state index < -0.39 is 24.1 Å². The molecule has 1 aliphatic carbocycles. The summed E-state index contributed by atoms with van der Waals surface area (Å²) in [5, 5.41) is 13.2. The normalized spacial score (nSPS) is 21.1. The van der Waals surface area contributed by atoms with Gasteiger partial charge in [0.25, 0.3) is 0 Å². The van der Waals surface area contributed by atoms with E-state index in [0.29, 0.717) is 31.2 Å². The van der Waals surface area contributed by atoms with Gasteiger partial charge in [0.1, 0.15) is 12.1 Å². The molecule has 3 atom stereocenters. The van der Waals surface area contributed by atoms with Crippen LogP contribution in [0.3, 0.4) is 0 Å². The van der Waals surface area contributed by atoms with Gasteiger partial charge in [-0.25, -0.2) is 4.79 Å². The first-order valence-electron chi connectivity index (χ1n) is 11.7. The number of nitrogens with one attached hydrogen (secondary N) is 1. The minimum Gasteiger partial charge on any atom is -0.479 e. The predicted molar refractivity (Wildman–Crippen MR) is 131 cm³/mol. The van der Waals surface area contributed by atoms with E-state index in [4.69, 9.17) is 0 Å². The molecule has 7 nitrogen and oxygen atoms in total. The number of fused-ring (bicyclic) bond motifs is 1.